The molecule has 2 atom stereocenters. The van der Waals surface area contributed by atoms with Gasteiger partial charge in [0.1, 0.15) is 0 Å². The Bertz CT molecular complexity index is 1020. The summed E-state index contributed by atoms with van der Waals surface area (Å²) in [5.41, 5.74) is 2.54. The van der Waals surface area contributed by atoms with Gasteiger partial charge in [-0.05, 0) is 43.2 Å². The smallest absolute Gasteiger partial charge is 0.241 e. The third-order valence-corrected chi connectivity index (χ3v) is 5.91. The van der Waals surface area contributed by atoms with Crippen LogP contribution in [0.3, 0.4) is 0 Å². The number of amides is 3. The monoisotopic (exact) mass is 453 g/mol. The Kier molecular flexibility index (Phi) is 7.58. The summed E-state index contributed by atoms with van der Waals surface area (Å²) >= 11 is 0. The van der Waals surface area contributed by atoms with Crippen LogP contribution in [0.25, 0.3) is 0 Å². The van der Waals surface area contributed by atoms with E-state index < -0.39 is 12.0 Å². The van der Waals surface area contributed by atoms with Gasteiger partial charge in [-0.1, -0.05) is 23.8 Å². The third-order valence-electron chi connectivity index (χ3n) is 5.91. The molecule has 1 N–H and O–H groups in total. The molecule has 2 aromatic carbocycles. The van der Waals surface area contributed by atoms with Crippen LogP contribution in [0.2, 0.25) is 0 Å². The minimum Gasteiger partial charge on any atom is -0.493 e. The maximum absolute atomic E-state index is 13.2. The van der Waals surface area contributed by atoms with Crippen LogP contribution in [0.5, 0.6) is 11.5 Å². The molecule has 1 aliphatic rings. The van der Waals surface area contributed by atoms with E-state index in [2.05, 4.69) is 5.32 Å². The van der Waals surface area contributed by atoms with Crippen LogP contribution in [0.4, 0.5) is 5.69 Å². The molecule has 0 aromatic heterocycles. The molecule has 176 valence electrons. The summed E-state index contributed by atoms with van der Waals surface area (Å²) in [7, 11) is 6.37. The van der Waals surface area contributed by atoms with E-state index in [1.807, 2.05) is 37.3 Å². The van der Waals surface area contributed by atoms with E-state index in [-0.39, 0.29) is 30.7 Å². The van der Waals surface area contributed by atoms with E-state index in [1.54, 1.807) is 45.3 Å². The summed E-state index contributed by atoms with van der Waals surface area (Å²) in [6, 6.07) is 12.5. The lowest BCUT2D eigenvalue weighted by Crippen LogP contribution is -2.49. The maximum Gasteiger partial charge on any atom is 0.241 e. The Morgan fingerprint density at radius 3 is 2.33 bits per heavy atom. The normalized spacial score (nSPS) is 18.0. The van der Waals surface area contributed by atoms with Gasteiger partial charge in [-0.15, -0.1) is 0 Å². The summed E-state index contributed by atoms with van der Waals surface area (Å²) in [5.74, 6) is -0.00585. The van der Waals surface area contributed by atoms with Crippen molar-refractivity contribution in [3.63, 3.8) is 0 Å². The van der Waals surface area contributed by atoms with Crippen molar-refractivity contribution in [1.82, 2.24) is 10.2 Å². The van der Waals surface area contributed by atoms with Crippen LogP contribution >= 0.6 is 0 Å². The molecular formula is C25H31N3O5. The molecule has 0 bridgehead atoms. The fourth-order valence-corrected chi connectivity index (χ4v) is 4.05. The molecule has 2 unspecified atom stereocenters. The molecule has 3 rings (SSSR count). The molecule has 0 spiro atoms. The van der Waals surface area contributed by atoms with Gasteiger partial charge < -0.3 is 24.6 Å². The summed E-state index contributed by atoms with van der Waals surface area (Å²) in [4.78, 5) is 41.5. The van der Waals surface area contributed by atoms with Crippen LogP contribution in [-0.2, 0) is 14.4 Å². The lowest BCUT2D eigenvalue weighted by Gasteiger charge is -2.41. The van der Waals surface area contributed by atoms with E-state index >= 15 is 0 Å². The number of aryl methyl sites for hydroxylation is 1. The SMILES string of the molecule is COc1ccc(C2C(C(=O)NCC(=O)N(C)C)CCC(=O)N2c2ccc(C)cc2)cc1OC. The van der Waals surface area contributed by atoms with E-state index in [1.165, 1.54) is 4.90 Å². The minimum absolute atomic E-state index is 0.0629. The van der Waals surface area contributed by atoms with E-state index in [0.717, 1.165) is 11.1 Å². The number of anilines is 1. The number of ether oxygens (including phenoxy) is 2. The zero-order chi connectivity index (χ0) is 24.1. The highest BCUT2D eigenvalue weighted by Gasteiger charge is 2.41. The maximum atomic E-state index is 13.2. The Balaban J connectivity index is 2.04. The number of benzene rings is 2. The van der Waals surface area contributed by atoms with Gasteiger partial charge in [0, 0.05) is 26.2 Å². The first-order chi connectivity index (χ1) is 15.8. The average Bonchev–Trinajstić information content (AvgIpc) is 2.82. The predicted octanol–water partition coefficient (Wildman–Crippen LogP) is 2.70. The molecule has 8 heteroatoms. The number of hydrogen-bond acceptors (Lipinski definition) is 5. The van der Waals surface area contributed by atoms with Gasteiger partial charge in [-0.2, -0.15) is 0 Å². The zero-order valence-electron chi connectivity index (χ0n) is 19.8. The highest BCUT2D eigenvalue weighted by Crippen LogP contribution is 2.42. The number of nitrogens with zero attached hydrogens (tertiary/aromatic N) is 2. The predicted molar refractivity (Wildman–Crippen MR) is 125 cm³/mol. The highest BCUT2D eigenvalue weighted by molar-refractivity contribution is 5.98. The number of hydrogen-bond donors (Lipinski definition) is 1. The second-order valence-corrected chi connectivity index (χ2v) is 8.31. The summed E-state index contributed by atoms with van der Waals surface area (Å²) in [5, 5.41) is 2.76. The third kappa shape index (κ3) is 5.27. The van der Waals surface area contributed by atoms with Crippen LogP contribution in [0.1, 0.15) is 30.0 Å². The number of carbonyl (C=O) groups is 3. The van der Waals surface area contributed by atoms with Gasteiger partial charge >= 0.3 is 0 Å². The van der Waals surface area contributed by atoms with Gasteiger partial charge in [0.25, 0.3) is 0 Å². The second-order valence-electron chi connectivity index (χ2n) is 8.31. The van der Waals surface area contributed by atoms with Gasteiger partial charge in [0.15, 0.2) is 11.5 Å². The van der Waals surface area contributed by atoms with Crippen molar-refractivity contribution >= 4 is 23.4 Å². The average molecular weight is 454 g/mol. The lowest BCUT2D eigenvalue weighted by molar-refractivity contribution is -0.134. The second kappa shape index (κ2) is 10.4. The fraction of sp³-hybridized carbons (Fsp3) is 0.400. The fourth-order valence-electron chi connectivity index (χ4n) is 4.05. The number of carbonyl (C=O) groups excluding carboxylic acids is 3. The van der Waals surface area contributed by atoms with Crippen molar-refractivity contribution in [2.45, 2.75) is 25.8 Å². The molecule has 8 nitrogen and oxygen atoms in total. The highest BCUT2D eigenvalue weighted by atomic mass is 16.5. The largest absolute Gasteiger partial charge is 0.493 e. The summed E-state index contributed by atoms with van der Waals surface area (Å²) in [6.07, 6.45) is 0.611. The number of rotatable bonds is 7. The first kappa shape index (κ1) is 24.1. The van der Waals surface area contributed by atoms with Gasteiger partial charge in [-0.3, -0.25) is 14.4 Å². The Morgan fingerprint density at radius 1 is 1.06 bits per heavy atom. The summed E-state index contributed by atoms with van der Waals surface area (Å²) in [6.45, 7) is 1.88. The molecule has 33 heavy (non-hydrogen) atoms. The van der Waals surface area contributed by atoms with Crippen molar-refractivity contribution in [1.29, 1.82) is 0 Å². The van der Waals surface area contributed by atoms with Gasteiger partial charge in [-0.25, -0.2) is 0 Å². The van der Waals surface area contributed by atoms with Crippen molar-refractivity contribution in [2.24, 2.45) is 5.92 Å². The van der Waals surface area contributed by atoms with Crippen LogP contribution in [0.15, 0.2) is 42.5 Å². The van der Waals surface area contributed by atoms with E-state index in [4.69, 9.17) is 9.47 Å². The van der Waals surface area contributed by atoms with Crippen LogP contribution in [-0.4, -0.2) is 57.5 Å². The van der Waals surface area contributed by atoms with Crippen molar-refractivity contribution < 1.29 is 23.9 Å². The lowest BCUT2D eigenvalue weighted by atomic mass is 9.83. The molecule has 1 saturated heterocycles. The molecule has 0 aliphatic carbocycles. The molecule has 1 heterocycles. The molecule has 2 aromatic rings. The Labute approximate surface area is 194 Å². The van der Waals surface area contributed by atoms with E-state index in [0.29, 0.717) is 23.6 Å². The first-order valence-corrected chi connectivity index (χ1v) is 10.8. The molecule has 1 aliphatic heterocycles. The van der Waals surface area contributed by atoms with Gasteiger partial charge in [0.2, 0.25) is 17.7 Å². The number of methoxy groups -OCH3 is 2. The van der Waals surface area contributed by atoms with Crippen molar-refractivity contribution in [3.8, 4) is 11.5 Å². The number of nitrogens with one attached hydrogen (secondary N) is 1. The molecular weight excluding hydrogens is 422 g/mol. The molecule has 3 amide bonds. The van der Waals surface area contributed by atoms with E-state index in [9.17, 15) is 14.4 Å². The Hall–Kier alpha value is -3.55. The van der Waals surface area contributed by atoms with Crippen molar-refractivity contribution in [2.75, 3.05) is 39.8 Å². The topological polar surface area (TPSA) is 88.2 Å². The standard InChI is InChI=1S/C25H31N3O5/c1-16-6-9-18(10-7-16)28-22(29)13-11-19(25(31)26-15-23(30)27(2)3)24(28)17-8-12-20(32-4)21(14-17)33-5/h6-10,12,14,19,24H,11,13,15H2,1-5H3,(H,26,31). The Morgan fingerprint density at radius 2 is 1.73 bits per heavy atom. The molecule has 0 radical (unpaired) electrons. The van der Waals surface area contributed by atoms with Crippen LogP contribution < -0.4 is 19.7 Å². The first-order valence-electron chi connectivity index (χ1n) is 10.8. The molecule has 1 fully saturated rings. The quantitative estimate of drug-likeness (QED) is 0.697. The number of likely N-dealkylation sites (N-methyl/N-ethyl adjacent to an activating group) is 1. The van der Waals surface area contributed by atoms with Gasteiger partial charge in [0.05, 0.1) is 32.7 Å². The summed E-state index contributed by atoms with van der Waals surface area (Å²) < 4.78 is 10.8. The molecule has 0 saturated carbocycles. The minimum atomic E-state index is -0.566. The number of piperidine rings is 1. The van der Waals surface area contributed by atoms with Crippen LogP contribution in [0, 0.1) is 12.8 Å². The zero-order valence-corrected chi connectivity index (χ0v) is 19.8. The van der Waals surface area contributed by atoms with Crippen molar-refractivity contribution in [3.05, 3.63) is 53.6 Å².